The van der Waals surface area contributed by atoms with Crippen LogP contribution in [0.5, 0.6) is 0 Å². The van der Waals surface area contributed by atoms with Crippen molar-refractivity contribution in [1.82, 2.24) is 10.2 Å². The minimum absolute atomic E-state index is 0.0630. The van der Waals surface area contributed by atoms with E-state index in [1.807, 2.05) is 4.90 Å². The fourth-order valence-corrected chi connectivity index (χ4v) is 2.40. The highest BCUT2D eigenvalue weighted by Gasteiger charge is 2.30. The molecule has 3 atom stereocenters. The molecule has 100 valence electrons. The Kier molecular flexibility index (Phi) is 5.88. The molecular formula is C12H24N2O3. The molecule has 3 unspecified atom stereocenters. The summed E-state index contributed by atoms with van der Waals surface area (Å²) in [5.41, 5.74) is 0. The number of rotatable bonds is 6. The standard InChI is InChI=1S/C12H24N2O3/c1-3-4-13-11-5-10(9(2)15)6-14(7-11)8-12(16)17/h9-11,13,15H,3-8H2,1-2H3,(H,16,17). The number of piperidine rings is 1. The maximum Gasteiger partial charge on any atom is 0.317 e. The number of aliphatic hydroxyl groups is 1. The van der Waals surface area contributed by atoms with Crippen molar-refractivity contribution < 1.29 is 15.0 Å². The topological polar surface area (TPSA) is 72.8 Å². The smallest absolute Gasteiger partial charge is 0.317 e. The molecule has 1 rings (SSSR count). The summed E-state index contributed by atoms with van der Waals surface area (Å²) in [6, 6.07) is 0.294. The molecule has 0 aromatic rings. The van der Waals surface area contributed by atoms with E-state index in [9.17, 15) is 9.90 Å². The maximum atomic E-state index is 10.7. The zero-order chi connectivity index (χ0) is 12.8. The number of hydrogen-bond acceptors (Lipinski definition) is 4. The van der Waals surface area contributed by atoms with Crippen LogP contribution in [0.2, 0.25) is 0 Å². The first-order valence-corrected chi connectivity index (χ1v) is 6.38. The van der Waals surface area contributed by atoms with E-state index in [1.54, 1.807) is 6.92 Å². The number of aliphatic carboxylic acids is 1. The maximum absolute atomic E-state index is 10.7. The molecule has 5 nitrogen and oxygen atoms in total. The fraction of sp³-hybridized carbons (Fsp3) is 0.917. The molecule has 5 heteroatoms. The van der Waals surface area contributed by atoms with Gasteiger partial charge in [0, 0.05) is 19.1 Å². The van der Waals surface area contributed by atoms with Gasteiger partial charge in [0.25, 0.3) is 0 Å². The van der Waals surface area contributed by atoms with Crippen LogP contribution in [-0.4, -0.2) is 59.4 Å². The SMILES string of the molecule is CCCNC1CC(C(C)O)CN(CC(=O)O)C1. The van der Waals surface area contributed by atoms with Crippen LogP contribution in [0.25, 0.3) is 0 Å². The number of nitrogens with zero attached hydrogens (tertiary/aromatic N) is 1. The second kappa shape index (κ2) is 6.93. The van der Waals surface area contributed by atoms with Crippen molar-refractivity contribution in [3.63, 3.8) is 0 Å². The molecule has 0 aromatic carbocycles. The molecule has 0 saturated carbocycles. The minimum Gasteiger partial charge on any atom is -0.480 e. The van der Waals surface area contributed by atoms with Crippen LogP contribution in [0.4, 0.5) is 0 Å². The number of hydrogen-bond donors (Lipinski definition) is 3. The lowest BCUT2D eigenvalue weighted by molar-refractivity contribution is -0.139. The molecule has 0 aliphatic carbocycles. The van der Waals surface area contributed by atoms with E-state index < -0.39 is 5.97 Å². The average Bonchev–Trinajstić information content (AvgIpc) is 2.25. The first-order valence-electron chi connectivity index (χ1n) is 6.38. The lowest BCUT2D eigenvalue weighted by Crippen LogP contribution is -2.52. The van der Waals surface area contributed by atoms with Crippen LogP contribution in [0.1, 0.15) is 26.7 Å². The predicted molar refractivity (Wildman–Crippen MR) is 65.9 cm³/mol. The first-order chi connectivity index (χ1) is 8.02. The molecular weight excluding hydrogens is 220 g/mol. The van der Waals surface area contributed by atoms with E-state index in [0.29, 0.717) is 12.6 Å². The Balaban J connectivity index is 2.52. The lowest BCUT2D eigenvalue weighted by Gasteiger charge is -2.38. The molecule has 1 saturated heterocycles. The van der Waals surface area contributed by atoms with Crippen LogP contribution in [0.3, 0.4) is 0 Å². The van der Waals surface area contributed by atoms with Gasteiger partial charge < -0.3 is 15.5 Å². The van der Waals surface area contributed by atoms with E-state index in [1.165, 1.54) is 0 Å². The Labute approximate surface area is 103 Å². The summed E-state index contributed by atoms with van der Waals surface area (Å²) in [6.07, 6.45) is 1.61. The Hall–Kier alpha value is -0.650. The van der Waals surface area contributed by atoms with Crippen molar-refractivity contribution in [1.29, 1.82) is 0 Å². The number of likely N-dealkylation sites (tertiary alicyclic amines) is 1. The highest BCUT2D eigenvalue weighted by atomic mass is 16.4. The molecule has 0 bridgehead atoms. The van der Waals surface area contributed by atoms with Crippen molar-refractivity contribution in [3.8, 4) is 0 Å². The lowest BCUT2D eigenvalue weighted by atomic mass is 9.90. The molecule has 1 aliphatic heterocycles. The molecule has 0 radical (unpaired) electrons. The van der Waals surface area contributed by atoms with Crippen LogP contribution < -0.4 is 5.32 Å². The van der Waals surface area contributed by atoms with Crippen molar-refractivity contribution in [3.05, 3.63) is 0 Å². The van der Waals surface area contributed by atoms with Crippen LogP contribution in [-0.2, 0) is 4.79 Å². The second-order valence-electron chi connectivity index (χ2n) is 4.98. The summed E-state index contributed by atoms with van der Waals surface area (Å²) in [6.45, 7) is 6.33. The van der Waals surface area contributed by atoms with Gasteiger partial charge in [-0.15, -0.1) is 0 Å². The Bertz CT molecular complexity index is 246. The van der Waals surface area contributed by atoms with Gasteiger partial charge in [0.2, 0.25) is 0 Å². The van der Waals surface area contributed by atoms with Crippen LogP contribution in [0.15, 0.2) is 0 Å². The van der Waals surface area contributed by atoms with Gasteiger partial charge in [-0.05, 0) is 32.2 Å². The van der Waals surface area contributed by atoms with Crippen LogP contribution >= 0.6 is 0 Å². The van der Waals surface area contributed by atoms with Crippen molar-refractivity contribution in [2.24, 2.45) is 5.92 Å². The highest BCUT2D eigenvalue weighted by molar-refractivity contribution is 5.69. The summed E-state index contributed by atoms with van der Waals surface area (Å²) in [4.78, 5) is 12.7. The van der Waals surface area contributed by atoms with Gasteiger partial charge in [-0.2, -0.15) is 0 Å². The van der Waals surface area contributed by atoms with E-state index in [0.717, 1.165) is 25.9 Å². The molecule has 3 N–H and O–H groups in total. The number of carboxylic acids is 1. The zero-order valence-corrected chi connectivity index (χ0v) is 10.7. The van der Waals surface area contributed by atoms with Gasteiger partial charge in [0.1, 0.15) is 0 Å². The van der Waals surface area contributed by atoms with Gasteiger partial charge in [-0.1, -0.05) is 6.92 Å². The monoisotopic (exact) mass is 244 g/mol. The van der Waals surface area contributed by atoms with Crippen molar-refractivity contribution in [2.45, 2.75) is 38.8 Å². The molecule has 0 spiro atoms. The fourth-order valence-electron chi connectivity index (χ4n) is 2.40. The number of aliphatic hydroxyl groups excluding tert-OH is 1. The molecule has 1 heterocycles. The van der Waals surface area contributed by atoms with Gasteiger partial charge in [0.15, 0.2) is 0 Å². The normalized spacial score (nSPS) is 27.9. The molecule has 0 amide bonds. The van der Waals surface area contributed by atoms with Gasteiger partial charge >= 0.3 is 5.97 Å². The third-order valence-electron chi connectivity index (χ3n) is 3.28. The van der Waals surface area contributed by atoms with Gasteiger partial charge in [-0.25, -0.2) is 0 Å². The summed E-state index contributed by atoms with van der Waals surface area (Å²) in [5.74, 6) is -0.636. The Morgan fingerprint density at radius 1 is 1.53 bits per heavy atom. The predicted octanol–water partition coefficient (Wildman–Crippen LogP) is 0.142. The van der Waals surface area contributed by atoms with Crippen LogP contribution in [0, 0.1) is 5.92 Å². The first kappa shape index (κ1) is 14.4. The zero-order valence-electron chi connectivity index (χ0n) is 10.7. The third-order valence-corrected chi connectivity index (χ3v) is 3.28. The van der Waals surface area contributed by atoms with E-state index in [2.05, 4.69) is 12.2 Å². The Morgan fingerprint density at radius 3 is 2.76 bits per heavy atom. The van der Waals surface area contributed by atoms with E-state index in [4.69, 9.17) is 5.11 Å². The van der Waals surface area contributed by atoms with Gasteiger partial charge in [-0.3, -0.25) is 9.69 Å². The third kappa shape index (κ3) is 5.02. The van der Waals surface area contributed by atoms with E-state index >= 15 is 0 Å². The number of carbonyl (C=O) groups is 1. The van der Waals surface area contributed by atoms with Gasteiger partial charge in [0.05, 0.1) is 12.6 Å². The molecule has 1 aliphatic rings. The molecule has 1 fully saturated rings. The summed E-state index contributed by atoms with van der Waals surface area (Å²) in [5, 5.41) is 21.9. The average molecular weight is 244 g/mol. The van der Waals surface area contributed by atoms with Crippen molar-refractivity contribution >= 4 is 5.97 Å². The Morgan fingerprint density at radius 2 is 2.24 bits per heavy atom. The molecule has 0 aromatic heterocycles. The minimum atomic E-state index is -0.800. The van der Waals surface area contributed by atoms with E-state index in [-0.39, 0.29) is 18.6 Å². The summed E-state index contributed by atoms with van der Waals surface area (Å²) < 4.78 is 0. The number of nitrogens with one attached hydrogen (secondary N) is 1. The summed E-state index contributed by atoms with van der Waals surface area (Å²) in [7, 11) is 0. The second-order valence-corrected chi connectivity index (χ2v) is 4.98. The highest BCUT2D eigenvalue weighted by Crippen LogP contribution is 2.20. The largest absolute Gasteiger partial charge is 0.480 e. The van der Waals surface area contributed by atoms with Crippen molar-refractivity contribution in [2.75, 3.05) is 26.2 Å². The summed E-state index contributed by atoms with van der Waals surface area (Å²) >= 11 is 0. The number of carboxylic acid groups (broad SMARTS) is 1. The molecule has 17 heavy (non-hydrogen) atoms. The quantitative estimate of drug-likeness (QED) is 0.620.